The summed E-state index contributed by atoms with van der Waals surface area (Å²) < 4.78 is 69.6. The predicted octanol–water partition coefficient (Wildman–Crippen LogP) is 11.6. The SMILES string of the molecule is BrCCOCCBr.CC(C)(C)OC(=O)NC12CCC(Nc3cc(-c4ccc5cc(C#N)cnn45)ncc3-c3cn(C[C@@H](F)C(C)(C)O)nn3)(CC1)CC2.CC(C)(O)[C@H](F)Cn1cc(-c2cnc(-c3ccc4cc(C#N)cnn34)cc2NC23CCC(N)(CC2)CC3)nn1.CC(C)(O)[C@H](F)Cn1cc(-c2cnc(-c3ccc4cc(C#N)cnn34)cc2NC23CCC(N4CCOCC4)(CC2)CC3)nn1.Cl.Cl.O=CO[O-].[Na+]. The van der Waals surface area contributed by atoms with Gasteiger partial charge in [-0.3, -0.25) is 24.6 Å². The van der Waals surface area contributed by atoms with Gasteiger partial charge in [0.1, 0.15) is 59.4 Å². The van der Waals surface area contributed by atoms with Crippen LogP contribution in [-0.2, 0) is 43.5 Å². The Morgan fingerprint density at radius 2 is 0.811 bits per heavy atom. The van der Waals surface area contributed by atoms with Gasteiger partial charge in [0.05, 0.1) is 167 Å². The molecule has 9 N–H and O–H groups in total. The minimum absolute atomic E-state index is 0. The van der Waals surface area contributed by atoms with E-state index >= 15 is 0 Å². The molecule has 9 saturated carbocycles. The van der Waals surface area contributed by atoms with Gasteiger partial charge in [0.2, 0.25) is 0 Å². The van der Waals surface area contributed by atoms with Crippen molar-refractivity contribution in [3.05, 3.63) is 145 Å². The fraction of sp³-hybridized carbons (Fsp3) is 0.520. The summed E-state index contributed by atoms with van der Waals surface area (Å²) in [5.74, 6) is 0. The van der Waals surface area contributed by atoms with Crippen molar-refractivity contribution >= 4 is 103 Å². The quantitative estimate of drug-likeness (QED) is 0.00564. The van der Waals surface area contributed by atoms with Crippen molar-refractivity contribution in [1.29, 1.82) is 15.8 Å². The van der Waals surface area contributed by atoms with Gasteiger partial charge in [-0.05, 0) is 251 Å². The Morgan fingerprint density at radius 1 is 0.503 bits per heavy atom. The molecule has 1 amide bonds. The molecule has 13 heterocycles. The molecule has 22 rings (SSSR count). The molecule has 0 spiro atoms. The van der Waals surface area contributed by atoms with E-state index in [4.69, 9.17) is 44.9 Å². The standard InChI is InChI=1S/C33H40FN9O3.C32H38FN9O2.C28H32FN9O.C4H8Br2O.CH2O3.2ClH.Na/c1-30(2,3)46-29(44)39-33-11-8-32(9-12-33,10-13-33)38-24-15-25(27-7-6-22-14-21(16-35)17-37-43(22)27)36-18-23(24)26-19-42(41-40-26)20-28(34)31(4,5)45;1-30(2,43)29(33)21-41-20-27(38-39-41)24-19-35-26(28-4-3-23-15-22(17-34)18-36-42(23)28)16-25(24)37-31-5-8-32(9-6-31,10-7-31)40-11-13-44-14-12-40;1-26(2,39)25(29)17-37-16-23(35-36-37)20-15-32-22(24-4-3-19-11-18(13-30)14-33-38(19)24)12-21(20)34-28-8-5-27(31,6-9-28)7-10-28;5-1-3-7-4-2-6;2-1-4-3;;;/h6-7,14-15,17-19,28,45H,8-13,20H2,1-5H3,(H,36,38)(H,39,44);3-4,15-16,18-20,29,43H,5-14,21H2,1-2H3,(H,35,37);3-4,11-12,14-16,25,39H,5-10,17,31H2,1-2H3,(H,32,34);1-4H2;1,3H;2*1H;/q;;;;;;;+1/p-1/t28-,32?,33?;29-,31?,32?;25-,27?,28?;;;;;/m111...../s1. The molecule has 3 atom stereocenters. The molecule has 143 heavy (non-hydrogen) atoms. The number of halogens is 7. The third-order valence-electron chi connectivity index (χ3n) is 28.1. The van der Waals surface area contributed by atoms with Crippen LogP contribution in [0.3, 0.4) is 0 Å². The van der Waals surface area contributed by atoms with Crippen LogP contribution in [0.15, 0.2) is 129 Å². The first-order chi connectivity index (χ1) is 66.7. The number of nitriles is 3. The molecule has 0 radical (unpaired) electrons. The number of aromatic nitrogens is 18. The van der Waals surface area contributed by atoms with Crippen LogP contribution < -0.4 is 61.8 Å². The summed E-state index contributed by atoms with van der Waals surface area (Å²) in [6.45, 7) is 18.9. The third kappa shape index (κ3) is 26.5. The largest absolute Gasteiger partial charge is 1.00 e. The Morgan fingerprint density at radius 3 is 1.10 bits per heavy atom. The van der Waals surface area contributed by atoms with Gasteiger partial charge in [0.25, 0.3) is 6.47 Å². The number of alkyl halides is 5. The average Bonchev–Trinajstić information content (AvgIpc) is 1.11. The molecule has 10 fully saturated rings. The van der Waals surface area contributed by atoms with Crippen LogP contribution in [0.1, 0.15) is 195 Å². The maximum Gasteiger partial charge on any atom is 1.00 e. The van der Waals surface area contributed by atoms with Gasteiger partial charge in [0.15, 0.2) is 0 Å². The van der Waals surface area contributed by atoms with Gasteiger partial charge < -0.3 is 66.7 Å². The fourth-order valence-corrected chi connectivity index (χ4v) is 20.0. The van der Waals surface area contributed by atoms with Crippen molar-refractivity contribution in [2.75, 3.05) is 66.1 Å². The first-order valence-corrected chi connectivity index (χ1v) is 49.3. The van der Waals surface area contributed by atoms with Crippen LogP contribution in [0.2, 0.25) is 0 Å². The maximum atomic E-state index is 14.6. The zero-order valence-corrected chi connectivity index (χ0v) is 88.6. The van der Waals surface area contributed by atoms with Crippen molar-refractivity contribution in [1.82, 2.24) is 99.0 Å². The minimum atomic E-state index is -1.53. The van der Waals surface area contributed by atoms with E-state index < -0.39 is 40.9 Å². The number of carbonyl (C=O) groups excluding carboxylic acids is 2. The predicted molar refractivity (Wildman–Crippen MR) is 536 cm³/mol. The Bertz CT molecular complexity index is 6450. The number of fused-ring (bicyclic) bond motifs is 12. The number of carbonyl (C=O) groups is 2. The van der Waals surface area contributed by atoms with Gasteiger partial charge >= 0.3 is 35.7 Å². The van der Waals surface area contributed by atoms with Gasteiger partial charge in [-0.2, -0.15) is 31.1 Å². The molecule has 6 bridgehead atoms. The third-order valence-corrected chi connectivity index (χ3v) is 28.7. The second kappa shape index (κ2) is 46.5. The van der Waals surface area contributed by atoms with Crippen molar-refractivity contribution in [2.24, 2.45) is 5.73 Å². The van der Waals surface area contributed by atoms with Gasteiger partial charge in [0, 0.05) is 109 Å². The number of rotatable bonds is 28. The molecule has 0 unspecified atom stereocenters. The van der Waals surface area contributed by atoms with E-state index in [-0.39, 0.29) is 120 Å². The number of nitrogens with one attached hydrogen (secondary N) is 4. The second-order valence-corrected chi connectivity index (χ2v) is 42.0. The van der Waals surface area contributed by atoms with Gasteiger partial charge in [-0.25, -0.2) is 45.6 Å². The number of alkyl carbamates (subject to hydrolysis) is 1. The van der Waals surface area contributed by atoms with Crippen molar-refractivity contribution in [3.8, 4) is 86.1 Å². The zero-order valence-electron chi connectivity index (χ0n) is 81.8. The number of amides is 1. The van der Waals surface area contributed by atoms with E-state index in [2.05, 4.69) is 127 Å². The van der Waals surface area contributed by atoms with Crippen LogP contribution in [0, 0.1) is 34.0 Å². The van der Waals surface area contributed by atoms with Crippen LogP contribution in [0.25, 0.3) is 84.5 Å². The molecule has 12 aromatic rings. The second-order valence-electron chi connectivity index (χ2n) is 40.4. The fourth-order valence-electron chi connectivity index (χ4n) is 19.6. The molecule has 9 aliphatic carbocycles. The Balaban J connectivity index is 0.000000180. The van der Waals surface area contributed by atoms with Crippen molar-refractivity contribution < 1.29 is 92.0 Å². The minimum Gasteiger partial charge on any atom is -0.662 e. The number of nitrogens with zero attached hydrogens (tertiary/aromatic N) is 22. The van der Waals surface area contributed by atoms with E-state index in [9.17, 15) is 49.1 Å². The molecule has 1 saturated heterocycles. The van der Waals surface area contributed by atoms with E-state index in [1.807, 2.05) is 75.4 Å². The summed E-state index contributed by atoms with van der Waals surface area (Å²) in [4.78, 5) is 40.9. The number of pyridine rings is 3. The van der Waals surface area contributed by atoms with Crippen LogP contribution in [-0.4, -0.2) is 246 Å². The molecule has 1 aliphatic heterocycles. The number of morpholine rings is 1. The zero-order chi connectivity index (χ0) is 99.8. The van der Waals surface area contributed by atoms with Gasteiger partial charge in [-0.15, -0.1) is 40.1 Å². The average molecular weight is 2150 g/mol. The number of aliphatic hydroxyl groups is 3. The molecule has 12 aromatic heterocycles. The molecule has 0 aromatic carbocycles. The number of hydrogen-bond acceptors (Lipinski definition) is 30. The van der Waals surface area contributed by atoms with E-state index in [0.29, 0.717) is 50.7 Å². The molecule has 37 nitrogen and oxygen atoms in total. The summed E-state index contributed by atoms with van der Waals surface area (Å²) in [5.41, 5.74) is 15.9. The number of anilines is 3. The maximum absolute atomic E-state index is 14.6. The molecule has 10 aliphatic rings. The van der Waals surface area contributed by atoms with E-state index in [0.717, 1.165) is 233 Å². The summed E-state index contributed by atoms with van der Waals surface area (Å²) in [5, 5.41) is 122. The Labute approximate surface area is 878 Å². The summed E-state index contributed by atoms with van der Waals surface area (Å²) >= 11 is 6.48. The smallest absolute Gasteiger partial charge is 0.662 e. The van der Waals surface area contributed by atoms with Crippen LogP contribution >= 0.6 is 56.7 Å². The number of nitrogens with two attached hydrogens (primary N) is 1. The normalized spacial score (nSPS) is 21.7. The topological polar surface area (TPSA) is 486 Å². The number of ether oxygens (including phenoxy) is 3. The van der Waals surface area contributed by atoms with Gasteiger partial charge in [-0.1, -0.05) is 47.5 Å². The van der Waals surface area contributed by atoms with E-state index in [1.165, 1.54) is 68.0 Å². The monoisotopic (exact) mass is 2140 g/mol. The summed E-state index contributed by atoms with van der Waals surface area (Å²) in [6.07, 6.45) is 27.5. The summed E-state index contributed by atoms with van der Waals surface area (Å²) in [6, 6.07) is 29.3. The first kappa shape index (κ1) is 111. The number of hydrogen-bond donors (Lipinski definition) is 8. The van der Waals surface area contributed by atoms with Crippen molar-refractivity contribution in [2.45, 2.75) is 272 Å². The molecule has 45 heteroatoms. The first-order valence-electron chi connectivity index (χ1n) is 47.1. The molecular weight excluding hydrogens is 2030 g/mol. The van der Waals surface area contributed by atoms with E-state index in [1.54, 1.807) is 75.1 Å². The van der Waals surface area contributed by atoms with Crippen LogP contribution in [0.4, 0.5) is 35.0 Å². The Hall–Kier alpha value is -10.4. The Kier molecular flexibility index (Phi) is 36.2. The van der Waals surface area contributed by atoms with Crippen molar-refractivity contribution in [3.63, 3.8) is 0 Å². The summed E-state index contributed by atoms with van der Waals surface area (Å²) in [7, 11) is 0. The molecular formula is C98H121Br2Cl2F3N27NaO10. The van der Waals surface area contributed by atoms with Crippen LogP contribution in [0.5, 0.6) is 0 Å². The molecule has 758 valence electrons.